The van der Waals surface area contributed by atoms with Gasteiger partial charge in [-0.25, -0.2) is 8.42 Å². The minimum atomic E-state index is -3.53. The predicted molar refractivity (Wildman–Crippen MR) is 93.6 cm³/mol. The molecule has 2 heterocycles. The van der Waals surface area contributed by atoms with E-state index in [4.69, 9.17) is 4.74 Å². The minimum absolute atomic E-state index is 0.286. The van der Waals surface area contributed by atoms with E-state index in [9.17, 15) is 8.42 Å². The molecule has 0 aromatic rings. The smallest absolute Gasteiger partial charge is 0.243 e. The van der Waals surface area contributed by atoms with E-state index < -0.39 is 10.0 Å². The molecule has 1 atom stereocenters. The number of likely N-dealkylation sites (tertiary alicyclic amines) is 1. The molecule has 130 valence electrons. The Hall–Kier alpha value is -0.950. The molecule has 0 saturated carbocycles. The van der Waals surface area contributed by atoms with Crippen molar-refractivity contribution in [2.75, 3.05) is 45.9 Å². The van der Waals surface area contributed by atoms with Crippen molar-refractivity contribution in [2.24, 2.45) is 5.92 Å². The van der Waals surface area contributed by atoms with Crippen molar-refractivity contribution in [3.63, 3.8) is 0 Å². The van der Waals surface area contributed by atoms with Crippen LogP contribution in [0.3, 0.4) is 0 Å². The summed E-state index contributed by atoms with van der Waals surface area (Å²) >= 11 is 0. The van der Waals surface area contributed by atoms with Crippen LogP contribution in [0.25, 0.3) is 0 Å². The fourth-order valence-electron chi connectivity index (χ4n) is 3.20. The van der Waals surface area contributed by atoms with Crippen LogP contribution in [-0.4, -0.2) is 63.6 Å². The summed E-state index contributed by atoms with van der Waals surface area (Å²) in [6.45, 7) is 14.1. The number of morpholine rings is 1. The molecule has 0 aliphatic carbocycles. The van der Waals surface area contributed by atoms with Gasteiger partial charge >= 0.3 is 0 Å². The Morgan fingerprint density at radius 2 is 1.91 bits per heavy atom. The molecular formula is C17H28N2O3S. The molecule has 0 amide bonds. The van der Waals surface area contributed by atoms with Gasteiger partial charge in [-0.15, -0.1) is 0 Å². The Kier molecular flexibility index (Phi) is 6.59. The van der Waals surface area contributed by atoms with E-state index in [2.05, 4.69) is 25.0 Å². The fraction of sp³-hybridized carbons (Fsp3) is 0.647. The van der Waals surface area contributed by atoms with Crippen molar-refractivity contribution in [3.8, 4) is 0 Å². The first-order chi connectivity index (χ1) is 11.0. The molecule has 6 heteroatoms. The maximum Gasteiger partial charge on any atom is 0.243 e. The van der Waals surface area contributed by atoms with Crippen LogP contribution in [0, 0.1) is 5.92 Å². The van der Waals surface area contributed by atoms with Crippen molar-refractivity contribution < 1.29 is 13.2 Å². The summed E-state index contributed by atoms with van der Waals surface area (Å²) < 4.78 is 32.5. The second kappa shape index (κ2) is 8.24. The monoisotopic (exact) mass is 340 g/mol. The normalized spacial score (nSPS) is 25.2. The molecule has 0 aromatic carbocycles. The lowest BCUT2D eigenvalue weighted by molar-refractivity contribution is 0.0734. The lowest BCUT2D eigenvalue weighted by Crippen LogP contribution is -2.41. The van der Waals surface area contributed by atoms with Crippen molar-refractivity contribution in [1.82, 2.24) is 9.21 Å². The molecule has 0 aromatic heterocycles. The van der Waals surface area contributed by atoms with E-state index in [-0.39, 0.29) is 4.91 Å². The molecule has 1 unspecified atom stereocenters. The number of hydrogen-bond acceptors (Lipinski definition) is 4. The first-order valence-electron chi connectivity index (χ1n) is 8.31. The standard InChI is InChI=1S/C17H28N2O3S/c1-4-15-7-8-18(13-15)14-16(5-2)17(6-3)23(20,21)19-9-11-22-12-10-19/h5-6,15H,2-4,7-14H2,1H3/b17-16-. The molecule has 2 fully saturated rings. The van der Waals surface area contributed by atoms with Gasteiger partial charge in [0.15, 0.2) is 0 Å². The molecular weight excluding hydrogens is 312 g/mol. The quantitative estimate of drug-likeness (QED) is 0.665. The van der Waals surface area contributed by atoms with Gasteiger partial charge in [-0.05, 0) is 30.5 Å². The molecule has 0 N–H and O–H groups in total. The lowest BCUT2D eigenvalue weighted by atomic mass is 10.1. The largest absolute Gasteiger partial charge is 0.379 e. The van der Waals surface area contributed by atoms with E-state index in [0.29, 0.717) is 38.8 Å². The SMILES string of the molecule is C=C/C(CN1CCC(CC)C1)=C(\C=C)S(=O)(=O)N1CCOCC1. The molecule has 2 saturated heterocycles. The number of hydrogen-bond donors (Lipinski definition) is 0. The summed E-state index contributed by atoms with van der Waals surface area (Å²) in [6, 6.07) is 0. The average molecular weight is 340 g/mol. The summed E-state index contributed by atoms with van der Waals surface area (Å²) in [4.78, 5) is 2.60. The molecule has 5 nitrogen and oxygen atoms in total. The molecule has 2 aliphatic rings. The van der Waals surface area contributed by atoms with Gasteiger partial charge in [-0.3, -0.25) is 4.90 Å². The van der Waals surface area contributed by atoms with Crippen LogP contribution in [0.2, 0.25) is 0 Å². The number of sulfonamides is 1. The van der Waals surface area contributed by atoms with Gasteiger partial charge in [0.25, 0.3) is 0 Å². The summed E-state index contributed by atoms with van der Waals surface area (Å²) in [5.74, 6) is 0.712. The summed E-state index contributed by atoms with van der Waals surface area (Å²) in [5.41, 5.74) is 0.739. The highest BCUT2D eigenvalue weighted by Crippen LogP contribution is 2.24. The van der Waals surface area contributed by atoms with Crippen molar-refractivity contribution in [2.45, 2.75) is 19.8 Å². The summed E-state index contributed by atoms with van der Waals surface area (Å²) in [7, 11) is -3.53. The average Bonchev–Trinajstić information content (AvgIpc) is 3.03. The van der Waals surface area contributed by atoms with E-state index in [0.717, 1.165) is 18.7 Å². The van der Waals surface area contributed by atoms with Crippen molar-refractivity contribution >= 4 is 10.0 Å². The van der Waals surface area contributed by atoms with Gasteiger partial charge in [0.05, 0.1) is 18.1 Å². The topological polar surface area (TPSA) is 49.9 Å². The van der Waals surface area contributed by atoms with Crippen LogP contribution in [0.15, 0.2) is 35.8 Å². The van der Waals surface area contributed by atoms with Crippen LogP contribution in [0.4, 0.5) is 0 Å². The fourth-order valence-corrected chi connectivity index (χ4v) is 4.80. The zero-order valence-corrected chi connectivity index (χ0v) is 14.9. The molecule has 2 aliphatic heterocycles. The van der Waals surface area contributed by atoms with Crippen LogP contribution in [0.1, 0.15) is 19.8 Å². The van der Waals surface area contributed by atoms with Gasteiger partial charge in [0.1, 0.15) is 0 Å². The third-order valence-corrected chi connectivity index (χ3v) is 6.71. The predicted octanol–water partition coefficient (Wildman–Crippen LogP) is 2.01. The first-order valence-corrected chi connectivity index (χ1v) is 9.75. The molecule has 23 heavy (non-hydrogen) atoms. The molecule has 0 spiro atoms. The van der Waals surface area contributed by atoms with E-state index in [1.165, 1.54) is 23.2 Å². The zero-order valence-electron chi connectivity index (χ0n) is 14.0. The van der Waals surface area contributed by atoms with Crippen LogP contribution < -0.4 is 0 Å². The van der Waals surface area contributed by atoms with E-state index in [1.807, 2.05) is 0 Å². The van der Waals surface area contributed by atoms with Gasteiger partial charge in [-0.2, -0.15) is 4.31 Å². The van der Waals surface area contributed by atoms with E-state index in [1.54, 1.807) is 6.08 Å². The Labute approximate surface area is 140 Å². The Morgan fingerprint density at radius 1 is 1.22 bits per heavy atom. The summed E-state index contributed by atoms with van der Waals surface area (Å²) in [6.07, 6.45) is 5.47. The van der Waals surface area contributed by atoms with E-state index >= 15 is 0 Å². The van der Waals surface area contributed by atoms with Crippen LogP contribution >= 0.6 is 0 Å². The highest BCUT2D eigenvalue weighted by Gasteiger charge is 2.30. The highest BCUT2D eigenvalue weighted by atomic mass is 32.2. The Morgan fingerprint density at radius 3 is 2.43 bits per heavy atom. The van der Waals surface area contributed by atoms with Crippen molar-refractivity contribution in [1.29, 1.82) is 0 Å². The zero-order chi connectivity index (χ0) is 16.9. The third-order valence-electron chi connectivity index (χ3n) is 4.68. The van der Waals surface area contributed by atoms with Crippen molar-refractivity contribution in [3.05, 3.63) is 35.8 Å². The highest BCUT2D eigenvalue weighted by molar-refractivity contribution is 7.93. The molecule has 0 bridgehead atoms. The van der Waals surface area contributed by atoms with Gasteiger partial charge in [0.2, 0.25) is 10.0 Å². The molecule has 0 radical (unpaired) electrons. The second-order valence-corrected chi connectivity index (χ2v) is 8.02. The molecule has 2 rings (SSSR count). The maximum absolute atomic E-state index is 12.9. The van der Waals surface area contributed by atoms with Gasteiger partial charge < -0.3 is 4.74 Å². The lowest BCUT2D eigenvalue weighted by Gasteiger charge is -2.27. The van der Waals surface area contributed by atoms with Crippen LogP contribution in [0.5, 0.6) is 0 Å². The Balaban J connectivity index is 2.21. The second-order valence-electron chi connectivity index (χ2n) is 6.11. The number of rotatable bonds is 7. The number of nitrogens with zero attached hydrogens (tertiary/aromatic N) is 2. The Bertz CT molecular complexity index is 562. The first kappa shape index (κ1) is 18.4. The minimum Gasteiger partial charge on any atom is -0.379 e. The third kappa shape index (κ3) is 4.32. The number of ether oxygens (including phenoxy) is 1. The van der Waals surface area contributed by atoms with Gasteiger partial charge in [-0.1, -0.05) is 32.6 Å². The summed E-state index contributed by atoms with van der Waals surface area (Å²) in [5, 5.41) is 0. The van der Waals surface area contributed by atoms with Crippen LogP contribution in [-0.2, 0) is 14.8 Å². The maximum atomic E-state index is 12.9. The number of allylic oxidation sites excluding steroid dienone is 1. The van der Waals surface area contributed by atoms with Gasteiger partial charge in [0, 0.05) is 26.2 Å².